The first-order chi connectivity index (χ1) is 12.2. The lowest BCUT2D eigenvalue weighted by Crippen LogP contribution is -2.37. The first-order valence-electron chi connectivity index (χ1n) is 9.35. The van der Waals surface area contributed by atoms with E-state index < -0.39 is 0 Å². The molecule has 2 atom stereocenters. The summed E-state index contributed by atoms with van der Waals surface area (Å²) in [5.74, 6) is 1.05. The molecule has 0 aliphatic rings. The lowest BCUT2D eigenvalue weighted by molar-refractivity contribution is 0.373. The van der Waals surface area contributed by atoms with Crippen LogP contribution >= 0.6 is 12.6 Å². The summed E-state index contributed by atoms with van der Waals surface area (Å²) in [4.78, 5) is 1.04. The second kappa shape index (κ2) is 13.9. The van der Waals surface area contributed by atoms with Crippen LogP contribution in [0.1, 0.15) is 64.5 Å². The largest absolute Gasteiger partial charge is 0.312 e. The Morgan fingerprint density at radius 2 is 1.69 bits per heavy atom. The normalized spacial score (nSPS) is 12.7. The molecular weight excluding hydrogens is 334 g/mol. The van der Waals surface area contributed by atoms with Crippen molar-refractivity contribution in [2.45, 2.75) is 70.7 Å². The van der Waals surface area contributed by atoms with E-state index in [-0.39, 0.29) is 5.54 Å². The first kappa shape index (κ1) is 27.0. The van der Waals surface area contributed by atoms with Gasteiger partial charge < -0.3 is 5.32 Å². The van der Waals surface area contributed by atoms with Crippen LogP contribution in [0.2, 0.25) is 0 Å². The van der Waals surface area contributed by atoms with Crippen LogP contribution in [0, 0.1) is 12.8 Å². The van der Waals surface area contributed by atoms with Crippen LogP contribution in [0.4, 0.5) is 0 Å². The molecule has 0 saturated carbocycles. The zero-order chi connectivity index (χ0) is 20.9. The van der Waals surface area contributed by atoms with Crippen molar-refractivity contribution in [2.75, 3.05) is 6.54 Å². The highest BCUT2D eigenvalue weighted by Gasteiger charge is 2.24. The Labute approximate surface area is 169 Å². The molecule has 1 nitrogen and oxygen atoms in total. The van der Waals surface area contributed by atoms with Gasteiger partial charge in [0.25, 0.3) is 0 Å². The number of aryl methyl sites for hydroxylation is 1. The maximum Gasteiger partial charge on any atom is 0.00965 e. The SMILES string of the molecule is C=C.C=C.C=C(C)C(CCNC(C)(C)C)C(CC)c1ccc(S)cc1C. The lowest BCUT2D eigenvalue weighted by Gasteiger charge is -2.30. The second-order valence-corrected chi connectivity index (χ2v) is 7.99. The van der Waals surface area contributed by atoms with Gasteiger partial charge in [0, 0.05) is 10.4 Å². The molecule has 26 heavy (non-hydrogen) atoms. The molecule has 0 aliphatic carbocycles. The summed E-state index contributed by atoms with van der Waals surface area (Å²) in [7, 11) is 0. The van der Waals surface area contributed by atoms with Crippen molar-refractivity contribution in [2.24, 2.45) is 5.92 Å². The zero-order valence-corrected chi connectivity index (χ0v) is 18.9. The first-order valence-corrected chi connectivity index (χ1v) is 9.80. The minimum Gasteiger partial charge on any atom is -0.312 e. The van der Waals surface area contributed by atoms with Gasteiger partial charge in [0.05, 0.1) is 0 Å². The van der Waals surface area contributed by atoms with Gasteiger partial charge >= 0.3 is 0 Å². The fourth-order valence-corrected chi connectivity index (χ4v) is 3.46. The van der Waals surface area contributed by atoms with Crippen molar-refractivity contribution in [1.29, 1.82) is 0 Å². The van der Waals surface area contributed by atoms with Crippen molar-refractivity contribution in [3.63, 3.8) is 0 Å². The molecule has 0 fully saturated rings. The number of rotatable bonds is 7. The van der Waals surface area contributed by atoms with Crippen LogP contribution in [0.5, 0.6) is 0 Å². The Bertz CT molecular complexity index is 526. The Hall–Kier alpha value is -1.25. The fraction of sp³-hybridized carbons (Fsp3) is 0.500. The fourth-order valence-electron chi connectivity index (χ4n) is 3.19. The smallest absolute Gasteiger partial charge is 0.00965 e. The molecule has 1 aromatic rings. The minimum atomic E-state index is 0.172. The van der Waals surface area contributed by atoms with E-state index in [1.54, 1.807) is 0 Å². The van der Waals surface area contributed by atoms with Gasteiger partial charge in [0.15, 0.2) is 0 Å². The molecule has 2 heteroatoms. The molecule has 0 spiro atoms. The Morgan fingerprint density at radius 1 is 1.15 bits per heavy atom. The van der Waals surface area contributed by atoms with E-state index in [1.807, 2.05) is 0 Å². The van der Waals surface area contributed by atoms with E-state index in [1.165, 1.54) is 16.7 Å². The summed E-state index contributed by atoms with van der Waals surface area (Å²) in [6.07, 6.45) is 2.27. The van der Waals surface area contributed by atoms with Gasteiger partial charge in [-0.3, -0.25) is 0 Å². The third-order valence-electron chi connectivity index (χ3n) is 4.32. The molecule has 1 aromatic carbocycles. The van der Waals surface area contributed by atoms with E-state index >= 15 is 0 Å². The third-order valence-corrected chi connectivity index (χ3v) is 4.60. The van der Waals surface area contributed by atoms with Crippen LogP contribution in [-0.2, 0) is 0 Å². The lowest BCUT2D eigenvalue weighted by atomic mass is 9.77. The second-order valence-electron chi connectivity index (χ2n) is 7.47. The summed E-state index contributed by atoms with van der Waals surface area (Å²) in [5.41, 5.74) is 4.25. The maximum atomic E-state index is 4.45. The summed E-state index contributed by atoms with van der Waals surface area (Å²) in [6, 6.07) is 6.53. The van der Waals surface area contributed by atoms with Crippen molar-refractivity contribution in [3.05, 3.63) is 67.8 Å². The molecule has 148 valence electrons. The summed E-state index contributed by atoms with van der Waals surface area (Å²) in [5, 5.41) is 3.61. The van der Waals surface area contributed by atoms with Crippen LogP contribution in [0.15, 0.2) is 61.6 Å². The van der Waals surface area contributed by atoms with E-state index in [0.717, 1.165) is 24.3 Å². The van der Waals surface area contributed by atoms with E-state index in [9.17, 15) is 0 Å². The van der Waals surface area contributed by atoms with Gasteiger partial charge in [-0.2, -0.15) is 0 Å². The highest BCUT2D eigenvalue weighted by molar-refractivity contribution is 7.80. The molecule has 0 saturated heterocycles. The number of hydrogen-bond acceptors (Lipinski definition) is 2. The molecule has 0 radical (unpaired) electrons. The standard InChI is InChI=1S/C20H33NS.2C2H4/c1-8-17(19-10-9-16(22)13-15(19)4)18(14(2)3)11-12-21-20(5,6)7;2*1-2/h9-10,13,17-18,21-22H,2,8,11-12H2,1,3-7H3;2*1-2H2. The summed E-state index contributed by atoms with van der Waals surface area (Å²) < 4.78 is 0. The predicted octanol–water partition coefficient (Wildman–Crippen LogP) is 7.35. The number of allylic oxidation sites excluding steroid dienone is 1. The van der Waals surface area contributed by atoms with Gasteiger partial charge in [-0.1, -0.05) is 25.1 Å². The topological polar surface area (TPSA) is 12.0 Å². The number of thiol groups is 1. The molecule has 0 heterocycles. The van der Waals surface area contributed by atoms with Crippen molar-refractivity contribution in [1.82, 2.24) is 5.32 Å². The molecule has 0 bridgehead atoms. The van der Waals surface area contributed by atoms with Crippen molar-refractivity contribution >= 4 is 12.6 Å². The number of hydrogen-bond donors (Lipinski definition) is 2. The van der Waals surface area contributed by atoms with Gasteiger partial charge in [-0.25, -0.2) is 0 Å². The van der Waals surface area contributed by atoms with Gasteiger partial charge in [0.1, 0.15) is 0 Å². The molecule has 0 aromatic heterocycles. The van der Waals surface area contributed by atoms with Crippen LogP contribution < -0.4 is 5.32 Å². The summed E-state index contributed by atoms with van der Waals surface area (Å²) >= 11 is 4.45. The third kappa shape index (κ3) is 10.0. The average Bonchev–Trinajstić information content (AvgIpc) is 2.58. The van der Waals surface area contributed by atoms with Gasteiger partial charge in [-0.15, -0.1) is 38.9 Å². The Kier molecular flexibility index (Phi) is 14.4. The van der Waals surface area contributed by atoms with E-state index in [2.05, 4.69) is 111 Å². The Balaban J connectivity index is 0. The van der Waals surface area contributed by atoms with Crippen LogP contribution in [0.25, 0.3) is 0 Å². The van der Waals surface area contributed by atoms with E-state index in [0.29, 0.717) is 11.8 Å². The van der Waals surface area contributed by atoms with Crippen LogP contribution in [-0.4, -0.2) is 12.1 Å². The molecule has 2 unspecified atom stereocenters. The molecule has 1 N–H and O–H groups in total. The van der Waals surface area contributed by atoms with E-state index in [4.69, 9.17) is 0 Å². The molecule has 0 aliphatic heterocycles. The van der Waals surface area contributed by atoms with Crippen molar-refractivity contribution in [3.8, 4) is 0 Å². The minimum absolute atomic E-state index is 0.172. The molecule has 1 rings (SSSR count). The number of nitrogens with one attached hydrogen (secondary N) is 1. The highest BCUT2D eigenvalue weighted by Crippen LogP contribution is 2.36. The van der Waals surface area contributed by atoms with Gasteiger partial charge in [-0.05, 0) is 89.1 Å². The molecule has 0 amide bonds. The number of benzene rings is 1. The Morgan fingerprint density at radius 3 is 2.08 bits per heavy atom. The average molecular weight is 376 g/mol. The van der Waals surface area contributed by atoms with Crippen molar-refractivity contribution < 1.29 is 0 Å². The summed E-state index contributed by atoms with van der Waals surface area (Å²) in [6.45, 7) is 30.6. The molecular formula is C24H41NS. The van der Waals surface area contributed by atoms with Gasteiger partial charge in [0.2, 0.25) is 0 Å². The highest BCUT2D eigenvalue weighted by atomic mass is 32.1. The predicted molar refractivity (Wildman–Crippen MR) is 125 cm³/mol. The quantitative estimate of drug-likeness (QED) is 0.375. The monoisotopic (exact) mass is 375 g/mol. The maximum absolute atomic E-state index is 4.45. The van der Waals surface area contributed by atoms with Crippen LogP contribution in [0.3, 0.4) is 0 Å². The zero-order valence-electron chi connectivity index (χ0n) is 18.0.